The first kappa shape index (κ1) is 15.9. The lowest BCUT2D eigenvalue weighted by molar-refractivity contribution is 0.0954. The van der Waals surface area contributed by atoms with Crippen LogP contribution in [0.3, 0.4) is 0 Å². The van der Waals surface area contributed by atoms with Crippen molar-refractivity contribution in [3.8, 4) is 0 Å². The lowest BCUT2D eigenvalue weighted by Crippen LogP contribution is -2.39. The first-order valence-electron chi connectivity index (χ1n) is 6.39. The Labute approximate surface area is 116 Å². The quantitative estimate of drug-likeness (QED) is 0.780. The summed E-state index contributed by atoms with van der Waals surface area (Å²) in [5, 5.41) is 0. The van der Waals surface area contributed by atoms with Crippen LogP contribution in [0.1, 0.15) is 43.6 Å². The second-order valence-corrected chi connectivity index (χ2v) is 8.47. The van der Waals surface area contributed by atoms with Crippen molar-refractivity contribution in [1.29, 1.82) is 0 Å². The average molecular weight is 282 g/mol. The molecule has 19 heavy (non-hydrogen) atoms. The molecule has 0 aliphatic rings. The van der Waals surface area contributed by atoms with Crippen molar-refractivity contribution >= 4 is 15.6 Å². The minimum absolute atomic E-state index is 0.355. The van der Waals surface area contributed by atoms with Gasteiger partial charge in [-0.2, -0.15) is 0 Å². The zero-order valence-corrected chi connectivity index (χ0v) is 13.0. The van der Waals surface area contributed by atoms with E-state index in [0.29, 0.717) is 11.5 Å². The maximum absolute atomic E-state index is 12.3. The fourth-order valence-electron chi connectivity index (χ4n) is 1.78. The summed E-state index contributed by atoms with van der Waals surface area (Å²) < 4.78 is 21.9. The van der Waals surface area contributed by atoms with Crippen LogP contribution in [0.5, 0.6) is 0 Å². The van der Waals surface area contributed by atoms with Gasteiger partial charge in [0.1, 0.15) is 4.75 Å². The molecule has 0 fully saturated rings. The van der Waals surface area contributed by atoms with E-state index in [1.165, 1.54) is 13.8 Å². The minimum atomic E-state index is -3.43. The Morgan fingerprint density at radius 1 is 1.16 bits per heavy atom. The first-order chi connectivity index (χ1) is 8.55. The molecule has 0 unspecified atom stereocenters. The molecule has 106 valence electrons. The summed E-state index contributed by atoms with van der Waals surface area (Å²) >= 11 is 0. The fourth-order valence-corrected chi connectivity index (χ4v) is 2.23. The third-order valence-electron chi connectivity index (χ3n) is 3.33. The zero-order chi connectivity index (χ0) is 14.8. The normalized spacial score (nSPS) is 12.7. The second kappa shape index (κ2) is 5.45. The molecule has 1 rings (SSSR count). The third kappa shape index (κ3) is 3.66. The molecule has 0 radical (unpaired) electrons. The predicted molar refractivity (Wildman–Crippen MR) is 78.2 cm³/mol. The molecule has 0 N–H and O–H groups in total. The van der Waals surface area contributed by atoms with Crippen LogP contribution in [0.25, 0.3) is 0 Å². The van der Waals surface area contributed by atoms with Crippen LogP contribution in [0.4, 0.5) is 0 Å². The van der Waals surface area contributed by atoms with Crippen LogP contribution >= 0.6 is 0 Å². The average Bonchev–Trinajstić information content (AvgIpc) is 2.26. The van der Waals surface area contributed by atoms with Gasteiger partial charge in [0.15, 0.2) is 15.6 Å². The molecular weight excluding hydrogens is 260 g/mol. The lowest BCUT2D eigenvalue weighted by atomic mass is 9.97. The van der Waals surface area contributed by atoms with E-state index in [1.54, 1.807) is 12.1 Å². The van der Waals surface area contributed by atoms with E-state index in [1.807, 2.05) is 12.1 Å². The molecule has 1 aromatic rings. The summed E-state index contributed by atoms with van der Waals surface area (Å²) in [5.41, 5.74) is 1.60. The number of sulfone groups is 1. The Morgan fingerprint density at radius 2 is 1.63 bits per heavy atom. The summed E-state index contributed by atoms with van der Waals surface area (Å²) in [6.07, 6.45) is 2.04. The molecule has 0 bridgehead atoms. The molecular formula is C15H22O3S. The molecule has 0 aliphatic carbocycles. The third-order valence-corrected chi connectivity index (χ3v) is 5.37. The van der Waals surface area contributed by atoms with Crippen molar-refractivity contribution in [2.45, 2.75) is 38.9 Å². The van der Waals surface area contributed by atoms with Gasteiger partial charge in [0.25, 0.3) is 0 Å². The number of hydrogen-bond donors (Lipinski definition) is 0. The molecule has 0 saturated heterocycles. The molecule has 0 heterocycles. The monoisotopic (exact) mass is 282 g/mol. The van der Waals surface area contributed by atoms with E-state index in [2.05, 4.69) is 13.8 Å². The van der Waals surface area contributed by atoms with E-state index in [9.17, 15) is 13.2 Å². The number of ketones is 1. The number of Topliss-reactive ketones (excluding diaryl/α,β-unsaturated/α-hetero) is 1. The highest BCUT2D eigenvalue weighted by molar-refractivity contribution is 7.92. The van der Waals surface area contributed by atoms with Gasteiger partial charge in [-0.1, -0.05) is 38.1 Å². The summed E-state index contributed by atoms with van der Waals surface area (Å²) in [4.78, 5) is 12.3. The molecule has 0 spiro atoms. The molecule has 1 aromatic carbocycles. The molecule has 3 nitrogen and oxygen atoms in total. The zero-order valence-electron chi connectivity index (χ0n) is 12.2. The Bertz CT molecular complexity index is 552. The van der Waals surface area contributed by atoms with Crippen molar-refractivity contribution in [3.63, 3.8) is 0 Å². The van der Waals surface area contributed by atoms with E-state index in [0.717, 1.165) is 18.2 Å². The SMILES string of the molecule is CC(C)Cc1ccc(C(=O)C(C)(C)S(C)(=O)=O)cc1. The smallest absolute Gasteiger partial charge is 0.183 e. The van der Waals surface area contributed by atoms with Gasteiger partial charge < -0.3 is 0 Å². The highest BCUT2D eigenvalue weighted by Gasteiger charge is 2.38. The van der Waals surface area contributed by atoms with Gasteiger partial charge in [0.05, 0.1) is 0 Å². The highest BCUT2D eigenvalue weighted by atomic mass is 32.2. The molecule has 0 amide bonds. The first-order valence-corrected chi connectivity index (χ1v) is 8.28. The Hall–Kier alpha value is -1.16. The topological polar surface area (TPSA) is 51.2 Å². The van der Waals surface area contributed by atoms with Crippen LogP contribution in [-0.4, -0.2) is 25.2 Å². The number of benzene rings is 1. The van der Waals surface area contributed by atoms with Crippen molar-refractivity contribution in [1.82, 2.24) is 0 Å². The summed E-state index contributed by atoms with van der Waals surface area (Å²) in [7, 11) is -3.43. The van der Waals surface area contributed by atoms with Crippen molar-refractivity contribution < 1.29 is 13.2 Å². The van der Waals surface area contributed by atoms with Gasteiger partial charge >= 0.3 is 0 Å². The molecule has 4 heteroatoms. The summed E-state index contributed by atoms with van der Waals surface area (Å²) in [6.45, 7) is 7.16. The standard InChI is InChI=1S/C15H22O3S/c1-11(2)10-12-6-8-13(9-7-12)14(16)15(3,4)19(5,17)18/h6-9,11H,10H2,1-5H3. The lowest BCUT2D eigenvalue weighted by Gasteiger charge is -2.21. The van der Waals surface area contributed by atoms with Gasteiger partial charge in [-0.05, 0) is 31.7 Å². The summed E-state index contributed by atoms with van der Waals surface area (Å²) in [6, 6.07) is 7.22. The fraction of sp³-hybridized carbons (Fsp3) is 0.533. The van der Waals surface area contributed by atoms with E-state index >= 15 is 0 Å². The Kier molecular flexibility index (Phi) is 4.56. The highest BCUT2D eigenvalue weighted by Crippen LogP contribution is 2.22. The molecule has 0 saturated carbocycles. The largest absolute Gasteiger partial charge is 0.292 e. The van der Waals surface area contributed by atoms with Gasteiger partial charge in [-0.3, -0.25) is 4.79 Å². The number of hydrogen-bond acceptors (Lipinski definition) is 3. The van der Waals surface area contributed by atoms with Gasteiger partial charge in [-0.25, -0.2) is 8.42 Å². The van der Waals surface area contributed by atoms with Crippen molar-refractivity contribution in [2.24, 2.45) is 5.92 Å². The van der Waals surface area contributed by atoms with Crippen LogP contribution in [0.15, 0.2) is 24.3 Å². The van der Waals surface area contributed by atoms with Gasteiger partial charge in [0.2, 0.25) is 0 Å². The molecule has 0 aliphatic heterocycles. The number of rotatable bonds is 5. The maximum Gasteiger partial charge on any atom is 0.183 e. The summed E-state index contributed by atoms with van der Waals surface area (Å²) in [5.74, 6) is 0.195. The number of carbonyl (C=O) groups excluding carboxylic acids is 1. The number of carbonyl (C=O) groups is 1. The van der Waals surface area contributed by atoms with E-state index in [-0.39, 0.29) is 5.78 Å². The molecule has 0 atom stereocenters. The van der Waals surface area contributed by atoms with Crippen molar-refractivity contribution in [3.05, 3.63) is 35.4 Å². The van der Waals surface area contributed by atoms with Crippen LogP contribution < -0.4 is 0 Å². The van der Waals surface area contributed by atoms with Crippen LogP contribution in [0.2, 0.25) is 0 Å². The minimum Gasteiger partial charge on any atom is -0.292 e. The van der Waals surface area contributed by atoms with Crippen molar-refractivity contribution in [2.75, 3.05) is 6.26 Å². The second-order valence-electron chi connectivity index (χ2n) is 5.91. The van der Waals surface area contributed by atoms with Gasteiger partial charge in [-0.15, -0.1) is 0 Å². The van der Waals surface area contributed by atoms with Crippen LogP contribution in [0, 0.1) is 5.92 Å². The maximum atomic E-state index is 12.3. The Morgan fingerprint density at radius 3 is 2.00 bits per heavy atom. The van der Waals surface area contributed by atoms with Gasteiger partial charge in [0, 0.05) is 11.8 Å². The van der Waals surface area contributed by atoms with E-state index in [4.69, 9.17) is 0 Å². The Balaban J connectivity index is 3.02. The van der Waals surface area contributed by atoms with Crippen LogP contribution in [-0.2, 0) is 16.3 Å². The molecule has 0 aromatic heterocycles. The predicted octanol–water partition coefficient (Wildman–Crippen LogP) is 2.89. The van der Waals surface area contributed by atoms with E-state index < -0.39 is 14.6 Å².